The smallest absolute Gasteiger partial charge is 0.317 e. The number of fused-ring (bicyclic) bond motifs is 2. The summed E-state index contributed by atoms with van der Waals surface area (Å²) in [5.41, 5.74) is 0.186. The van der Waals surface area contributed by atoms with E-state index in [-0.39, 0.29) is 17.3 Å². The molecule has 6 nitrogen and oxygen atoms in total. The molecule has 2 aromatic rings. The first kappa shape index (κ1) is 20.5. The highest BCUT2D eigenvalue weighted by Crippen LogP contribution is 2.54. The van der Waals surface area contributed by atoms with Gasteiger partial charge in [-0.3, -0.25) is 9.59 Å². The normalized spacial score (nSPS) is 21.0. The topological polar surface area (TPSA) is 104 Å². The van der Waals surface area contributed by atoms with Crippen molar-refractivity contribution in [2.45, 2.75) is 26.2 Å². The zero-order chi connectivity index (χ0) is 22.6. The number of allylic oxidation sites excluding steroid dienone is 4. The second-order valence-corrected chi connectivity index (χ2v) is 8.23. The Hall–Kier alpha value is -3.80. The monoisotopic (exact) mass is 418 g/mol. The van der Waals surface area contributed by atoms with Crippen molar-refractivity contribution in [3.63, 3.8) is 0 Å². The number of aliphatic carboxylic acids is 1. The Morgan fingerprint density at radius 1 is 0.871 bits per heavy atom. The zero-order valence-corrected chi connectivity index (χ0v) is 17.3. The first-order valence-corrected chi connectivity index (χ1v) is 9.78. The van der Waals surface area contributed by atoms with Crippen LogP contribution in [0.4, 0.5) is 0 Å². The van der Waals surface area contributed by atoms with Crippen LogP contribution in [0.2, 0.25) is 0 Å². The molecule has 0 bridgehead atoms. The molecule has 2 aliphatic rings. The summed E-state index contributed by atoms with van der Waals surface area (Å²) in [4.78, 5) is 24.5. The van der Waals surface area contributed by atoms with Gasteiger partial charge in [0, 0.05) is 28.8 Å². The molecule has 1 unspecified atom stereocenters. The van der Waals surface area contributed by atoms with Crippen molar-refractivity contribution in [1.29, 1.82) is 0 Å². The molecule has 0 amide bonds. The highest BCUT2D eigenvalue weighted by atomic mass is 16.5. The van der Waals surface area contributed by atoms with Crippen molar-refractivity contribution in [3.8, 4) is 23.0 Å². The van der Waals surface area contributed by atoms with E-state index in [1.54, 1.807) is 37.3 Å². The molecule has 4 rings (SSSR count). The van der Waals surface area contributed by atoms with Gasteiger partial charge in [0.15, 0.2) is 5.78 Å². The summed E-state index contributed by atoms with van der Waals surface area (Å²) in [5, 5.41) is 29.7. The van der Waals surface area contributed by atoms with Gasteiger partial charge in [0.05, 0.1) is 5.41 Å². The first-order chi connectivity index (χ1) is 14.6. The summed E-state index contributed by atoms with van der Waals surface area (Å²) in [5.74, 6) is -0.437. The van der Waals surface area contributed by atoms with Gasteiger partial charge in [0.1, 0.15) is 28.4 Å². The van der Waals surface area contributed by atoms with Crippen molar-refractivity contribution in [1.82, 2.24) is 0 Å². The second kappa shape index (κ2) is 6.87. The molecule has 0 spiro atoms. The van der Waals surface area contributed by atoms with Crippen LogP contribution in [-0.2, 0) is 15.0 Å². The predicted octanol–water partition coefficient (Wildman–Crippen LogP) is 4.61. The number of ketones is 1. The maximum atomic E-state index is 12.7. The maximum absolute atomic E-state index is 12.7. The number of carbonyl (C=O) groups excluding carboxylic acids is 1. The van der Waals surface area contributed by atoms with E-state index < -0.39 is 16.8 Å². The molecule has 3 N–H and O–H groups in total. The van der Waals surface area contributed by atoms with Crippen molar-refractivity contribution in [2.75, 3.05) is 0 Å². The molecule has 6 heteroatoms. The Bertz CT molecular complexity index is 1170. The minimum Gasteiger partial charge on any atom is -0.508 e. The van der Waals surface area contributed by atoms with Gasteiger partial charge in [0.25, 0.3) is 0 Å². The summed E-state index contributed by atoms with van der Waals surface area (Å²) in [6.45, 7) is 4.92. The Morgan fingerprint density at radius 3 is 1.87 bits per heavy atom. The fourth-order valence-corrected chi connectivity index (χ4v) is 4.20. The summed E-state index contributed by atoms with van der Waals surface area (Å²) >= 11 is 0. The van der Waals surface area contributed by atoms with Crippen LogP contribution in [0.5, 0.6) is 23.0 Å². The third-order valence-corrected chi connectivity index (χ3v) is 6.09. The van der Waals surface area contributed by atoms with E-state index >= 15 is 0 Å². The minimum atomic E-state index is -1.28. The van der Waals surface area contributed by atoms with E-state index in [0.717, 1.165) is 0 Å². The summed E-state index contributed by atoms with van der Waals surface area (Å²) < 4.78 is 5.97. The number of phenolic OH excluding ortho intramolecular Hbond substituents is 2. The number of carboxylic acids is 1. The van der Waals surface area contributed by atoms with Crippen molar-refractivity contribution >= 4 is 11.8 Å². The molecule has 2 aromatic carbocycles. The van der Waals surface area contributed by atoms with Gasteiger partial charge in [-0.05, 0) is 38.5 Å². The molecule has 1 aliphatic carbocycles. The highest BCUT2D eigenvalue weighted by Gasteiger charge is 2.43. The van der Waals surface area contributed by atoms with Gasteiger partial charge in [-0.1, -0.05) is 36.4 Å². The van der Waals surface area contributed by atoms with E-state index in [2.05, 4.69) is 0 Å². The molecule has 158 valence electrons. The average Bonchev–Trinajstić information content (AvgIpc) is 2.88. The van der Waals surface area contributed by atoms with E-state index in [1.807, 2.05) is 6.92 Å². The lowest BCUT2D eigenvalue weighted by Gasteiger charge is -2.39. The number of aromatic hydroxyl groups is 2. The van der Waals surface area contributed by atoms with Crippen LogP contribution < -0.4 is 4.74 Å². The van der Waals surface area contributed by atoms with Crippen LogP contribution in [0.1, 0.15) is 31.9 Å². The quantitative estimate of drug-likeness (QED) is 0.672. The second-order valence-electron chi connectivity index (χ2n) is 8.23. The number of benzene rings is 2. The van der Waals surface area contributed by atoms with Gasteiger partial charge in [-0.25, -0.2) is 0 Å². The average molecular weight is 418 g/mol. The third-order valence-electron chi connectivity index (χ3n) is 6.09. The summed E-state index contributed by atoms with van der Waals surface area (Å²) in [7, 11) is 0. The van der Waals surface area contributed by atoms with Gasteiger partial charge >= 0.3 is 5.97 Å². The first-order valence-electron chi connectivity index (χ1n) is 9.78. The molecular weight excluding hydrogens is 396 g/mol. The van der Waals surface area contributed by atoms with E-state index in [0.29, 0.717) is 33.8 Å². The molecule has 0 saturated heterocycles. The Morgan fingerprint density at radius 2 is 1.39 bits per heavy atom. The SMILES string of the molecule is CC(=O)C1=C(C2(C)c3ccc(O)cc3Oc3cc(O)ccc32)C=CC(C)(C(=O)O)C=C1. The lowest BCUT2D eigenvalue weighted by atomic mass is 9.67. The fraction of sp³-hybridized carbons (Fsp3) is 0.200. The lowest BCUT2D eigenvalue weighted by Crippen LogP contribution is -2.31. The Balaban J connectivity index is 2.07. The number of ether oxygens (including phenoxy) is 1. The molecular formula is C25H22O6. The zero-order valence-electron chi connectivity index (χ0n) is 17.3. The molecule has 0 saturated carbocycles. The lowest BCUT2D eigenvalue weighted by molar-refractivity contribution is -0.142. The van der Waals surface area contributed by atoms with Crippen LogP contribution in [0.25, 0.3) is 0 Å². The molecule has 31 heavy (non-hydrogen) atoms. The van der Waals surface area contributed by atoms with E-state index in [9.17, 15) is 24.9 Å². The fourth-order valence-electron chi connectivity index (χ4n) is 4.20. The summed E-state index contributed by atoms with van der Waals surface area (Å²) in [6, 6.07) is 9.49. The predicted molar refractivity (Wildman–Crippen MR) is 114 cm³/mol. The number of hydrogen-bond donors (Lipinski definition) is 3. The van der Waals surface area contributed by atoms with Gasteiger partial charge < -0.3 is 20.1 Å². The molecule has 1 heterocycles. The van der Waals surface area contributed by atoms with Crippen molar-refractivity contribution < 1.29 is 29.6 Å². The molecule has 0 fully saturated rings. The van der Waals surface area contributed by atoms with Crippen LogP contribution in [0, 0.1) is 5.41 Å². The number of phenols is 2. The maximum Gasteiger partial charge on any atom is 0.317 e. The minimum absolute atomic E-state index is 0.0141. The number of rotatable bonds is 3. The molecule has 0 radical (unpaired) electrons. The third kappa shape index (κ3) is 3.11. The largest absolute Gasteiger partial charge is 0.508 e. The van der Waals surface area contributed by atoms with Gasteiger partial charge in [-0.2, -0.15) is 0 Å². The number of carbonyl (C=O) groups is 2. The van der Waals surface area contributed by atoms with Gasteiger partial charge in [0.2, 0.25) is 0 Å². The standard InChI is InChI=1S/C25H22O6/c1-14(26)17-8-10-24(2,23(29)30)11-9-18(17)25(3)19-6-4-15(27)12-21(19)31-22-13-16(28)5-7-20(22)25/h4-13,27-28H,1-3H3,(H,29,30). The highest BCUT2D eigenvalue weighted by molar-refractivity contribution is 5.99. The van der Waals surface area contributed by atoms with Gasteiger partial charge in [-0.15, -0.1) is 0 Å². The molecule has 1 atom stereocenters. The van der Waals surface area contributed by atoms with E-state index in [1.165, 1.54) is 37.3 Å². The Labute approximate surface area is 179 Å². The Kier molecular flexibility index (Phi) is 4.54. The van der Waals surface area contributed by atoms with Crippen LogP contribution in [0.3, 0.4) is 0 Å². The number of Topliss-reactive ketones (excluding diaryl/α,β-unsaturated/α-hetero) is 1. The molecule has 1 aliphatic heterocycles. The number of carboxylic acid groups (broad SMARTS) is 1. The van der Waals surface area contributed by atoms with Crippen LogP contribution in [0.15, 0.2) is 71.8 Å². The van der Waals surface area contributed by atoms with Crippen molar-refractivity contribution in [3.05, 3.63) is 83.0 Å². The van der Waals surface area contributed by atoms with E-state index in [4.69, 9.17) is 4.74 Å². The summed E-state index contributed by atoms with van der Waals surface area (Å²) in [6.07, 6.45) is 6.32. The van der Waals surface area contributed by atoms with Crippen molar-refractivity contribution in [2.24, 2.45) is 5.41 Å². The van der Waals surface area contributed by atoms with Crippen LogP contribution >= 0.6 is 0 Å². The number of hydrogen-bond acceptors (Lipinski definition) is 5. The van der Waals surface area contributed by atoms with Crippen LogP contribution in [-0.4, -0.2) is 27.1 Å². The molecule has 0 aromatic heterocycles.